The molecule has 0 saturated carbocycles. The van der Waals surface area contributed by atoms with E-state index in [9.17, 15) is 13.2 Å². The third-order valence-corrected chi connectivity index (χ3v) is 7.37. The molecule has 1 aromatic carbocycles. The number of carbonyl (C=O) groups is 1. The van der Waals surface area contributed by atoms with Gasteiger partial charge in [0.25, 0.3) is 5.91 Å². The van der Waals surface area contributed by atoms with E-state index in [2.05, 4.69) is 29.5 Å². The van der Waals surface area contributed by atoms with Crippen molar-refractivity contribution in [1.29, 1.82) is 0 Å². The molecule has 2 aliphatic rings. The molecule has 0 radical (unpaired) electrons. The van der Waals surface area contributed by atoms with Crippen LogP contribution >= 0.6 is 11.8 Å². The summed E-state index contributed by atoms with van der Waals surface area (Å²) in [7, 11) is -2.93. The molecule has 1 aromatic rings. The van der Waals surface area contributed by atoms with Crippen LogP contribution in [-0.2, 0) is 9.84 Å². The summed E-state index contributed by atoms with van der Waals surface area (Å²) in [5.41, 5.74) is 1.46. The zero-order chi connectivity index (χ0) is 18.0. The summed E-state index contributed by atoms with van der Waals surface area (Å²) in [6, 6.07) is 7.09. The van der Waals surface area contributed by atoms with Gasteiger partial charge in [-0.1, -0.05) is 25.6 Å². The molecule has 25 heavy (non-hydrogen) atoms. The van der Waals surface area contributed by atoms with E-state index in [0.29, 0.717) is 18.0 Å². The Kier molecular flexibility index (Phi) is 5.38. The predicted octanol–water partition coefficient (Wildman–Crippen LogP) is 2.14. The SMILES string of the molecule is CC(C)CCNC(=O)c1ccc(NC2=N[C@@H]3CS(=O)(=O)C[C@@H]3S2)cc1. The second kappa shape index (κ2) is 7.37. The van der Waals surface area contributed by atoms with Crippen LogP contribution in [0, 0.1) is 5.92 Å². The molecule has 2 heterocycles. The van der Waals surface area contributed by atoms with Crippen LogP contribution in [-0.4, -0.2) is 48.8 Å². The van der Waals surface area contributed by atoms with Gasteiger partial charge < -0.3 is 10.6 Å². The minimum Gasteiger partial charge on any atom is -0.352 e. The van der Waals surface area contributed by atoms with Crippen molar-refractivity contribution in [3.63, 3.8) is 0 Å². The van der Waals surface area contributed by atoms with Crippen LogP contribution in [0.2, 0.25) is 0 Å². The van der Waals surface area contributed by atoms with Crippen molar-refractivity contribution >= 4 is 38.4 Å². The van der Waals surface area contributed by atoms with Crippen LogP contribution in [0.5, 0.6) is 0 Å². The second-order valence-electron chi connectivity index (χ2n) is 6.88. The lowest BCUT2D eigenvalue weighted by Crippen LogP contribution is -2.25. The molecule has 0 spiro atoms. The van der Waals surface area contributed by atoms with E-state index in [1.54, 1.807) is 12.1 Å². The zero-order valence-electron chi connectivity index (χ0n) is 14.4. The number of fused-ring (bicyclic) bond motifs is 1. The average Bonchev–Trinajstić information content (AvgIpc) is 3.00. The first-order chi connectivity index (χ1) is 11.8. The first kappa shape index (κ1) is 18.3. The molecule has 8 heteroatoms. The molecule has 2 N–H and O–H groups in total. The van der Waals surface area contributed by atoms with Gasteiger partial charge in [-0.3, -0.25) is 9.79 Å². The summed E-state index contributed by atoms with van der Waals surface area (Å²) in [6.07, 6.45) is 0.959. The molecule has 3 rings (SSSR count). The molecular formula is C17H23N3O3S2. The van der Waals surface area contributed by atoms with Gasteiger partial charge in [0.15, 0.2) is 15.0 Å². The van der Waals surface area contributed by atoms with Gasteiger partial charge in [-0.05, 0) is 36.6 Å². The topological polar surface area (TPSA) is 87.6 Å². The van der Waals surface area contributed by atoms with E-state index >= 15 is 0 Å². The third-order valence-electron chi connectivity index (χ3n) is 4.22. The Labute approximate surface area is 152 Å². The summed E-state index contributed by atoms with van der Waals surface area (Å²) in [5, 5.41) is 6.90. The Bertz CT molecular complexity index is 773. The van der Waals surface area contributed by atoms with E-state index in [-0.39, 0.29) is 28.7 Å². The fourth-order valence-corrected chi connectivity index (χ4v) is 6.50. The van der Waals surface area contributed by atoms with Crippen LogP contribution in [0.15, 0.2) is 29.3 Å². The van der Waals surface area contributed by atoms with Crippen LogP contribution in [0.25, 0.3) is 0 Å². The second-order valence-corrected chi connectivity index (χ2v) is 10.3. The van der Waals surface area contributed by atoms with Crippen molar-refractivity contribution in [3.8, 4) is 0 Å². The highest BCUT2D eigenvalue weighted by Gasteiger charge is 2.42. The Hall–Kier alpha value is -1.54. The number of hydrogen-bond donors (Lipinski definition) is 2. The van der Waals surface area contributed by atoms with Crippen molar-refractivity contribution in [2.24, 2.45) is 10.9 Å². The van der Waals surface area contributed by atoms with Gasteiger partial charge in [0.2, 0.25) is 0 Å². The van der Waals surface area contributed by atoms with E-state index in [4.69, 9.17) is 0 Å². The Morgan fingerprint density at radius 3 is 2.64 bits per heavy atom. The molecule has 0 unspecified atom stereocenters. The van der Waals surface area contributed by atoms with Gasteiger partial charge in [-0.2, -0.15) is 0 Å². The molecule has 2 atom stereocenters. The lowest BCUT2D eigenvalue weighted by atomic mass is 10.1. The molecule has 2 aliphatic heterocycles. The highest BCUT2D eigenvalue weighted by Crippen LogP contribution is 2.34. The van der Waals surface area contributed by atoms with E-state index in [0.717, 1.165) is 17.3 Å². The molecule has 6 nitrogen and oxygen atoms in total. The third kappa shape index (κ3) is 4.76. The Morgan fingerprint density at radius 2 is 2.00 bits per heavy atom. The van der Waals surface area contributed by atoms with Gasteiger partial charge in [0.05, 0.1) is 17.5 Å². The van der Waals surface area contributed by atoms with Gasteiger partial charge in [0.1, 0.15) is 0 Å². The molecule has 0 aromatic heterocycles. The first-order valence-corrected chi connectivity index (χ1v) is 11.1. The number of nitrogens with one attached hydrogen (secondary N) is 2. The predicted molar refractivity (Wildman–Crippen MR) is 103 cm³/mol. The number of amidine groups is 1. The number of benzene rings is 1. The lowest BCUT2D eigenvalue weighted by molar-refractivity contribution is 0.0952. The molecule has 1 saturated heterocycles. The standard InChI is InChI=1S/C17H23N3O3S2/c1-11(2)7-8-18-16(21)12-3-5-13(6-4-12)19-17-20-14-9-25(22,23)10-15(14)24-17/h3-6,11,14-15H,7-10H2,1-2H3,(H,18,21)(H,19,20)/t14-,15+/m1/s1. The number of carbonyl (C=O) groups excluding carboxylic acids is 1. The summed E-state index contributed by atoms with van der Waals surface area (Å²) in [6.45, 7) is 4.93. The maximum Gasteiger partial charge on any atom is 0.251 e. The monoisotopic (exact) mass is 381 g/mol. The first-order valence-electron chi connectivity index (χ1n) is 8.42. The normalized spacial score (nSPS) is 24.0. The molecule has 0 aliphatic carbocycles. The number of amides is 1. The molecule has 1 amide bonds. The fraction of sp³-hybridized carbons (Fsp3) is 0.529. The van der Waals surface area contributed by atoms with E-state index in [1.807, 2.05) is 12.1 Å². The minimum atomic E-state index is -2.93. The average molecular weight is 382 g/mol. The number of aliphatic imine (C=N–C) groups is 1. The lowest BCUT2D eigenvalue weighted by Gasteiger charge is -2.09. The van der Waals surface area contributed by atoms with Gasteiger partial charge in [-0.15, -0.1) is 0 Å². The van der Waals surface area contributed by atoms with Crippen LogP contribution in [0.4, 0.5) is 5.69 Å². The van der Waals surface area contributed by atoms with Gasteiger partial charge in [-0.25, -0.2) is 8.42 Å². The maximum absolute atomic E-state index is 12.1. The van der Waals surface area contributed by atoms with Crippen LogP contribution in [0.1, 0.15) is 30.6 Å². The highest BCUT2D eigenvalue weighted by atomic mass is 32.2. The van der Waals surface area contributed by atoms with E-state index in [1.165, 1.54) is 11.8 Å². The number of anilines is 1. The van der Waals surface area contributed by atoms with Crippen molar-refractivity contribution in [2.75, 3.05) is 23.4 Å². The summed E-state index contributed by atoms with van der Waals surface area (Å²) < 4.78 is 23.2. The van der Waals surface area contributed by atoms with Gasteiger partial charge >= 0.3 is 0 Å². The summed E-state index contributed by atoms with van der Waals surface area (Å²) in [5.74, 6) is 0.836. The maximum atomic E-state index is 12.1. The molecule has 1 fully saturated rings. The van der Waals surface area contributed by atoms with Gasteiger partial charge in [0, 0.05) is 23.0 Å². The smallest absolute Gasteiger partial charge is 0.251 e. The minimum absolute atomic E-state index is 0.0264. The van der Waals surface area contributed by atoms with Crippen molar-refractivity contribution in [3.05, 3.63) is 29.8 Å². The summed E-state index contributed by atoms with van der Waals surface area (Å²) >= 11 is 1.48. The number of nitrogens with zero attached hydrogens (tertiary/aromatic N) is 1. The molecule has 136 valence electrons. The zero-order valence-corrected chi connectivity index (χ0v) is 16.0. The van der Waals surface area contributed by atoms with Crippen molar-refractivity contribution in [2.45, 2.75) is 31.6 Å². The van der Waals surface area contributed by atoms with Crippen molar-refractivity contribution in [1.82, 2.24) is 5.32 Å². The molecule has 0 bridgehead atoms. The fourth-order valence-electron chi connectivity index (χ4n) is 2.82. The Morgan fingerprint density at radius 1 is 1.28 bits per heavy atom. The number of sulfone groups is 1. The summed E-state index contributed by atoms with van der Waals surface area (Å²) in [4.78, 5) is 16.5. The largest absolute Gasteiger partial charge is 0.352 e. The Balaban J connectivity index is 1.54. The van der Waals surface area contributed by atoms with Crippen molar-refractivity contribution < 1.29 is 13.2 Å². The number of thioether (sulfide) groups is 1. The quantitative estimate of drug-likeness (QED) is 0.816. The van der Waals surface area contributed by atoms with E-state index < -0.39 is 9.84 Å². The number of hydrogen-bond acceptors (Lipinski definition) is 6. The highest BCUT2D eigenvalue weighted by molar-refractivity contribution is 8.15. The van der Waals surface area contributed by atoms with Crippen LogP contribution < -0.4 is 10.6 Å². The molecular weight excluding hydrogens is 358 g/mol. The number of rotatable bonds is 5. The van der Waals surface area contributed by atoms with Crippen LogP contribution in [0.3, 0.4) is 0 Å².